The van der Waals surface area contributed by atoms with Gasteiger partial charge in [-0.1, -0.05) is 0 Å². The predicted octanol–water partition coefficient (Wildman–Crippen LogP) is 3.74. The van der Waals surface area contributed by atoms with Gasteiger partial charge in [0, 0.05) is 17.4 Å². The first-order valence-electron chi connectivity index (χ1n) is 7.18. The number of alkyl halides is 3. The van der Waals surface area contributed by atoms with Crippen molar-refractivity contribution in [1.29, 1.82) is 0 Å². The molecule has 3 fully saturated rings. The van der Waals surface area contributed by atoms with E-state index in [0.717, 1.165) is 17.9 Å². The number of hydrogen-bond acceptors (Lipinski definition) is 2. The minimum absolute atomic E-state index is 0.152. The third-order valence-electron chi connectivity index (χ3n) is 5.41. The van der Waals surface area contributed by atoms with Gasteiger partial charge >= 0.3 is 6.18 Å². The molecule has 2 bridgehead atoms. The molecule has 1 aromatic carbocycles. The van der Waals surface area contributed by atoms with Crippen molar-refractivity contribution in [2.45, 2.75) is 31.5 Å². The first-order valence-corrected chi connectivity index (χ1v) is 7.18. The maximum atomic E-state index is 13.1. The van der Waals surface area contributed by atoms with Gasteiger partial charge in [-0.05, 0) is 61.1 Å². The van der Waals surface area contributed by atoms with E-state index in [0.29, 0.717) is 11.8 Å². The highest BCUT2D eigenvalue weighted by Crippen LogP contribution is 2.66. The smallest absolute Gasteiger partial charge is 0.399 e. The molecule has 4 rings (SSSR count). The van der Waals surface area contributed by atoms with E-state index in [2.05, 4.69) is 5.32 Å². The molecule has 0 aromatic heterocycles. The lowest BCUT2D eigenvalue weighted by Gasteiger charge is -2.17. The molecule has 20 heavy (non-hydrogen) atoms. The predicted molar refractivity (Wildman–Crippen MR) is 71.1 cm³/mol. The van der Waals surface area contributed by atoms with E-state index in [1.54, 1.807) is 0 Å². The number of rotatable bonds is 2. The molecule has 4 atom stereocenters. The Kier molecular flexibility index (Phi) is 2.37. The van der Waals surface area contributed by atoms with Gasteiger partial charge in [-0.3, -0.25) is 0 Å². The molecule has 1 aromatic rings. The van der Waals surface area contributed by atoms with Crippen LogP contribution in [0.3, 0.4) is 0 Å². The molecule has 4 unspecified atom stereocenters. The van der Waals surface area contributed by atoms with Crippen LogP contribution in [-0.2, 0) is 6.18 Å². The van der Waals surface area contributed by atoms with Crippen molar-refractivity contribution in [2.75, 3.05) is 11.1 Å². The van der Waals surface area contributed by atoms with E-state index in [1.807, 2.05) is 0 Å². The first kappa shape index (κ1) is 12.4. The van der Waals surface area contributed by atoms with Gasteiger partial charge in [-0.25, -0.2) is 0 Å². The Morgan fingerprint density at radius 3 is 2.35 bits per heavy atom. The molecular formula is C15H17F3N2. The Labute approximate surface area is 115 Å². The SMILES string of the molecule is Nc1ccc(NC2C3C4CCC(C4)C23)c(C(F)(F)F)c1. The van der Waals surface area contributed by atoms with Crippen molar-refractivity contribution in [3.63, 3.8) is 0 Å². The molecular weight excluding hydrogens is 265 g/mol. The van der Waals surface area contributed by atoms with E-state index in [4.69, 9.17) is 5.73 Å². The van der Waals surface area contributed by atoms with E-state index in [9.17, 15) is 13.2 Å². The zero-order valence-electron chi connectivity index (χ0n) is 11.0. The summed E-state index contributed by atoms with van der Waals surface area (Å²) >= 11 is 0. The second-order valence-corrected chi connectivity index (χ2v) is 6.46. The normalized spacial score (nSPS) is 37.9. The van der Waals surface area contributed by atoms with Crippen LogP contribution in [0.5, 0.6) is 0 Å². The van der Waals surface area contributed by atoms with Gasteiger partial charge in [-0.2, -0.15) is 13.2 Å². The topological polar surface area (TPSA) is 38.0 Å². The molecule has 0 aliphatic heterocycles. The van der Waals surface area contributed by atoms with Crippen LogP contribution in [0.2, 0.25) is 0 Å². The summed E-state index contributed by atoms with van der Waals surface area (Å²) in [6.07, 6.45) is -0.544. The third kappa shape index (κ3) is 1.71. The first-order chi connectivity index (χ1) is 9.45. The molecule has 0 heterocycles. The lowest BCUT2D eigenvalue weighted by Crippen LogP contribution is -2.17. The van der Waals surface area contributed by atoms with Gasteiger partial charge in [0.1, 0.15) is 0 Å². The van der Waals surface area contributed by atoms with Crippen molar-refractivity contribution >= 4 is 11.4 Å². The molecule has 2 nitrogen and oxygen atoms in total. The molecule has 0 saturated heterocycles. The highest BCUT2D eigenvalue weighted by molar-refractivity contribution is 5.60. The molecule has 3 saturated carbocycles. The van der Waals surface area contributed by atoms with Crippen molar-refractivity contribution in [1.82, 2.24) is 0 Å². The standard InChI is InChI=1S/C15H17F3N2/c16-15(17,18)10-6-9(19)3-4-11(10)20-14-12-7-1-2-8(5-7)13(12)14/h3-4,6-8,12-14,20H,1-2,5,19H2. The molecule has 108 valence electrons. The van der Waals surface area contributed by atoms with Crippen molar-refractivity contribution in [3.05, 3.63) is 23.8 Å². The van der Waals surface area contributed by atoms with Crippen molar-refractivity contribution in [2.24, 2.45) is 23.7 Å². The number of halogens is 3. The molecule has 0 spiro atoms. The number of nitrogens with two attached hydrogens (primary N) is 1. The Bertz CT molecular complexity index is 539. The van der Waals surface area contributed by atoms with Gasteiger partial charge in [0.2, 0.25) is 0 Å². The van der Waals surface area contributed by atoms with Crippen LogP contribution in [0.4, 0.5) is 24.5 Å². The van der Waals surface area contributed by atoms with Crippen molar-refractivity contribution in [3.8, 4) is 0 Å². The maximum Gasteiger partial charge on any atom is 0.418 e. The Balaban J connectivity index is 1.58. The van der Waals surface area contributed by atoms with Gasteiger partial charge < -0.3 is 11.1 Å². The largest absolute Gasteiger partial charge is 0.418 e. The summed E-state index contributed by atoms with van der Waals surface area (Å²) in [4.78, 5) is 0. The average molecular weight is 282 g/mol. The Morgan fingerprint density at radius 2 is 1.75 bits per heavy atom. The summed E-state index contributed by atoms with van der Waals surface area (Å²) in [5, 5.41) is 3.15. The fourth-order valence-electron chi connectivity index (χ4n) is 4.62. The van der Waals surface area contributed by atoms with Gasteiger partial charge in [0.25, 0.3) is 0 Å². The van der Waals surface area contributed by atoms with Gasteiger partial charge in [0.15, 0.2) is 0 Å². The summed E-state index contributed by atoms with van der Waals surface area (Å²) in [5.74, 6) is 2.69. The quantitative estimate of drug-likeness (QED) is 0.811. The molecule has 3 N–H and O–H groups in total. The van der Waals surface area contributed by atoms with Crippen LogP contribution in [0.1, 0.15) is 24.8 Å². The van der Waals surface area contributed by atoms with Crippen LogP contribution in [-0.4, -0.2) is 6.04 Å². The van der Waals surface area contributed by atoms with Gasteiger partial charge in [-0.15, -0.1) is 0 Å². The van der Waals surface area contributed by atoms with Crippen LogP contribution >= 0.6 is 0 Å². The second kappa shape index (κ2) is 3.83. The number of benzene rings is 1. The summed E-state index contributed by atoms with van der Waals surface area (Å²) in [6, 6.07) is 4.26. The van der Waals surface area contributed by atoms with E-state index in [1.165, 1.54) is 31.4 Å². The number of nitrogens with one attached hydrogen (secondary N) is 1. The van der Waals surface area contributed by atoms with Crippen molar-refractivity contribution < 1.29 is 13.2 Å². The number of hydrogen-bond donors (Lipinski definition) is 2. The molecule has 3 aliphatic carbocycles. The molecule has 5 heteroatoms. The molecule has 3 aliphatic rings. The average Bonchev–Trinajstić information content (AvgIpc) is 2.78. The number of anilines is 2. The zero-order chi connectivity index (χ0) is 14.1. The van der Waals surface area contributed by atoms with E-state index >= 15 is 0 Å². The lowest BCUT2D eigenvalue weighted by molar-refractivity contribution is -0.136. The van der Waals surface area contributed by atoms with Gasteiger partial charge in [0.05, 0.1) is 5.56 Å². The Hall–Kier alpha value is -1.39. The third-order valence-corrected chi connectivity index (χ3v) is 5.41. The number of fused-ring (bicyclic) bond motifs is 5. The van der Waals surface area contributed by atoms with Crippen LogP contribution < -0.4 is 11.1 Å². The molecule has 0 amide bonds. The zero-order valence-corrected chi connectivity index (χ0v) is 11.0. The minimum atomic E-state index is -4.36. The highest BCUT2D eigenvalue weighted by Gasteiger charge is 2.65. The summed E-state index contributed by atoms with van der Waals surface area (Å²) in [7, 11) is 0. The highest BCUT2D eigenvalue weighted by atomic mass is 19.4. The Morgan fingerprint density at radius 1 is 1.10 bits per heavy atom. The minimum Gasteiger partial charge on any atom is -0.399 e. The monoisotopic (exact) mass is 282 g/mol. The van der Waals surface area contributed by atoms with Crippen LogP contribution in [0.15, 0.2) is 18.2 Å². The molecule has 0 radical (unpaired) electrons. The van der Waals surface area contributed by atoms with Crippen LogP contribution in [0.25, 0.3) is 0 Å². The fourth-order valence-corrected chi connectivity index (χ4v) is 4.62. The lowest BCUT2D eigenvalue weighted by atomic mass is 10.0. The maximum absolute atomic E-state index is 13.1. The summed E-state index contributed by atoms with van der Waals surface area (Å²) in [5.41, 5.74) is 5.18. The second-order valence-electron chi connectivity index (χ2n) is 6.46. The van der Waals surface area contributed by atoms with E-state index < -0.39 is 11.7 Å². The summed E-state index contributed by atoms with van der Waals surface area (Å²) in [6.45, 7) is 0. The van der Waals surface area contributed by atoms with E-state index in [-0.39, 0.29) is 17.4 Å². The summed E-state index contributed by atoms with van der Waals surface area (Å²) < 4.78 is 39.2. The van der Waals surface area contributed by atoms with Crippen LogP contribution in [0, 0.1) is 23.7 Å². The number of nitrogen functional groups attached to an aromatic ring is 1. The fraction of sp³-hybridized carbons (Fsp3) is 0.600.